The SMILES string of the molecule is Cc1csc(CCC(=O)Nc2ccc3c(c2)OC2(CCCC2)O3)n1. The number of amides is 1. The number of hydrogen-bond acceptors (Lipinski definition) is 5. The van der Waals surface area contributed by atoms with E-state index in [2.05, 4.69) is 10.3 Å². The van der Waals surface area contributed by atoms with Crippen molar-refractivity contribution in [2.24, 2.45) is 0 Å². The van der Waals surface area contributed by atoms with Crippen molar-refractivity contribution in [3.8, 4) is 11.5 Å². The van der Waals surface area contributed by atoms with Crippen LogP contribution in [0.25, 0.3) is 0 Å². The molecule has 0 atom stereocenters. The monoisotopic (exact) mass is 344 g/mol. The third-order valence-corrected chi connectivity index (χ3v) is 5.44. The van der Waals surface area contributed by atoms with Gasteiger partial charge >= 0.3 is 0 Å². The standard InChI is InChI=1S/C18H20N2O3S/c1-12-11-24-17(19-12)7-6-16(21)20-13-4-5-14-15(10-13)23-18(22-14)8-2-3-9-18/h4-5,10-11H,2-3,6-9H2,1H3,(H,20,21). The fraction of sp³-hybridized carbons (Fsp3) is 0.444. The van der Waals surface area contributed by atoms with Crippen LogP contribution < -0.4 is 14.8 Å². The van der Waals surface area contributed by atoms with E-state index in [0.29, 0.717) is 12.8 Å². The number of ether oxygens (including phenoxy) is 2. The molecule has 4 rings (SSSR count). The van der Waals surface area contributed by atoms with Gasteiger partial charge in [0.05, 0.1) is 5.01 Å². The Morgan fingerprint density at radius 2 is 2.08 bits per heavy atom. The van der Waals surface area contributed by atoms with Crippen molar-refractivity contribution >= 4 is 22.9 Å². The molecule has 1 fully saturated rings. The Bertz CT molecular complexity index is 765. The maximum Gasteiger partial charge on any atom is 0.251 e. The normalized spacial score (nSPS) is 17.4. The van der Waals surface area contributed by atoms with Crippen LogP contribution in [-0.4, -0.2) is 16.7 Å². The maximum absolute atomic E-state index is 12.1. The van der Waals surface area contributed by atoms with Gasteiger partial charge in [0.2, 0.25) is 5.91 Å². The number of nitrogens with one attached hydrogen (secondary N) is 1. The fourth-order valence-electron chi connectivity index (χ4n) is 3.25. The third-order valence-electron chi connectivity index (χ3n) is 4.42. The van der Waals surface area contributed by atoms with Gasteiger partial charge < -0.3 is 14.8 Å². The van der Waals surface area contributed by atoms with Crippen LogP contribution in [0.1, 0.15) is 42.8 Å². The van der Waals surface area contributed by atoms with E-state index in [-0.39, 0.29) is 5.91 Å². The lowest BCUT2D eigenvalue weighted by Crippen LogP contribution is -2.34. The van der Waals surface area contributed by atoms with Crippen molar-refractivity contribution in [3.63, 3.8) is 0 Å². The number of aromatic nitrogens is 1. The molecular formula is C18H20N2O3S. The number of carbonyl (C=O) groups is 1. The number of benzene rings is 1. The van der Waals surface area contributed by atoms with E-state index in [4.69, 9.17) is 9.47 Å². The minimum absolute atomic E-state index is 0.0164. The molecule has 24 heavy (non-hydrogen) atoms. The zero-order valence-electron chi connectivity index (χ0n) is 13.6. The molecule has 1 amide bonds. The molecule has 1 N–H and O–H groups in total. The molecule has 1 aromatic carbocycles. The van der Waals surface area contributed by atoms with E-state index in [1.165, 1.54) is 0 Å². The summed E-state index contributed by atoms with van der Waals surface area (Å²) in [7, 11) is 0. The molecule has 1 aromatic heterocycles. The first kappa shape index (κ1) is 15.4. The second-order valence-corrected chi connectivity index (χ2v) is 7.36. The first-order valence-electron chi connectivity index (χ1n) is 8.35. The lowest BCUT2D eigenvalue weighted by atomic mass is 10.2. The summed E-state index contributed by atoms with van der Waals surface area (Å²) in [6, 6.07) is 5.59. The Labute approximate surface area is 145 Å². The molecule has 2 aromatic rings. The van der Waals surface area contributed by atoms with Crippen molar-refractivity contribution in [2.45, 2.75) is 51.2 Å². The molecule has 0 unspecified atom stereocenters. The van der Waals surface area contributed by atoms with Gasteiger partial charge in [-0.15, -0.1) is 11.3 Å². The fourth-order valence-corrected chi connectivity index (χ4v) is 4.03. The molecule has 1 aliphatic heterocycles. The van der Waals surface area contributed by atoms with Crippen LogP contribution in [0.2, 0.25) is 0 Å². The number of thiazole rings is 1. The number of nitrogens with zero attached hydrogens (tertiary/aromatic N) is 1. The van der Waals surface area contributed by atoms with Gasteiger partial charge in [-0.05, 0) is 31.9 Å². The average molecular weight is 344 g/mol. The van der Waals surface area contributed by atoms with Crippen LogP contribution in [0.15, 0.2) is 23.6 Å². The highest BCUT2D eigenvalue weighted by molar-refractivity contribution is 7.09. The maximum atomic E-state index is 12.1. The highest BCUT2D eigenvalue weighted by atomic mass is 32.1. The van der Waals surface area contributed by atoms with Gasteiger partial charge in [0, 0.05) is 48.5 Å². The molecular weight excluding hydrogens is 324 g/mol. The highest BCUT2D eigenvalue weighted by Crippen LogP contribution is 2.47. The quantitative estimate of drug-likeness (QED) is 0.908. The van der Waals surface area contributed by atoms with Crippen LogP contribution in [0, 0.1) is 6.92 Å². The van der Waals surface area contributed by atoms with Crippen LogP contribution in [-0.2, 0) is 11.2 Å². The molecule has 1 spiro atoms. The summed E-state index contributed by atoms with van der Waals surface area (Å²) in [5, 5.41) is 5.93. The number of carbonyl (C=O) groups excluding carboxylic acids is 1. The molecule has 126 valence electrons. The van der Waals surface area contributed by atoms with Gasteiger partial charge in [0.25, 0.3) is 5.79 Å². The summed E-state index contributed by atoms with van der Waals surface area (Å²) in [4.78, 5) is 16.5. The number of anilines is 1. The number of rotatable bonds is 4. The smallest absolute Gasteiger partial charge is 0.251 e. The summed E-state index contributed by atoms with van der Waals surface area (Å²) in [6.07, 6.45) is 5.21. The summed E-state index contributed by atoms with van der Waals surface area (Å²) >= 11 is 1.60. The third kappa shape index (κ3) is 3.11. The average Bonchev–Trinajstić information content (AvgIpc) is 3.26. The molecule has 2 aliphatic rings. The second-order valence-electron chi connectivity index (χ2n) is 6.41. The first-order chi connectivity index (χ1) is 11.6. The predicted octanol–water partition coefficient (Wildman–Crippen LogP) is 4.06. The Balaban J connectivity index is 1.37. The van der Waals surface area contributed by atoms with E-state index >= 15 is 0 Å². The summed E-state index contributed by atoms with van der Waals surface area (Å²) in [6.45, 7) is 1.96. The van der Waals surface area contributed by atoms with Crippen LogP contribution >= 0.6 is 11.3 Å². The zero-order valence-corrected chi connectivity index (χ0v) is 14.4. The number of hydrogen-bond donors (Lipinski definition) is 1. The van der Waals surface area contributed by atoms with Gasteiger partial charge in [-0.2, -0.15) is 0 Å². The Hall–Kier alpha value is -2.08. The van der Waals surface area contributed by atoms with Crippen LogP contribution in [0.5, 0.6) is 11.5 Å². The Morgan fingerprint density at radius 1 is 1.29 bits per heavy atom. The molecule has 0 saturated heterocycles. The van der Waals surface area contributed by atoms with Crippen LogP contribution in [0.4, 0.5) is 5.69 Å². The predicted molar refractivity (Wildman–Crippen MR) is 92.7 cm³/mol. The molecule has 2 heterocycles. The van der Waals surface area contributed by atoms with Crippen molar-refractivity contribution in [2.75, 3.05) is 5.32 Å². The molecule has 0 radical (unpaired) electrons. The van der Waals surface area contributed by atoms with Crippen LogP contribution in [0.3, 0.4) is 0 Å². The molecule has 1 aliphatic carbocycles. The van der Waals surface area contributed by atoms with Gasteiger partial charge in [-0.3, -0.25) is 4.79 Å². The van der Waals surface area contributed by atoms with Gasteiger partial charge in [-0.1, -0.05) is 0 Å². The number of fused-ring (bicyclic) bond motifs is 1. The van der Waals surface area contributed by atoms with Crippen molar-refractivity contribution in [3.05, 3.63) is 34.3 Å². The van der Waals surface area contributed by atoms with E-state index in [1.54, 1.807) is 11.3 Å². The Morgan fingerprint density at radius 3 is 2.83 bits per heavy atom. The van der Waals surface area contributed by atoms with Crippen molar-refractivity contribution in [1.82, 2.24) is 4.98 Å². The number of aryl methyl sites for hydroxylation is 2. The molecule has 1 saturated carbocycles. The summed E-state index contributed by atoms with van der Waals surface area (Å²) in [5.41, 5.74) is 1.75. The lowest BCUT2D eigenvalue weighted by Gasteiger charge is -2.21. The second kappa shape index (κ2) is 6.09. The Kier molecular flexibility index (Phi) is 3.92. The van der Waals surface area contributed by atoms with Gasteiger partial charge in [0.1, 0.15) is 0 Å². The summed E-state index contributed by atoms with van der Waals surface area (Å²) < 4.78 is 12.0. The van der Waals surface area contributed by atoms with Gasteiger partial charge in [-0.25, -0.2) is 4.98 Å². The van der Waals surface area contributed by atoms with Crippen molar-refractivity contribution in [1.29, 1.82) is 0 Å². The summed E-state index contributed by atoms with van der Waals surface area (Å²) in [5.74, 6) is 1.02. The van der Waals surface area contributed by atoms with Crippen molar-refractivity contribution < 1.29 is 14.3 Å². The lowest BCUT2D eigenvalue weighted by molar-refractivity contribution is -0.116. The largest absolute Gasteiger partial charge is 0.448 e. The molecule has 0 bridgehead atoms. The topological polar surface area (TPSA) is 60.5 Å². The first-order valence-corrected chi connectivity index (χ1v) is 9.23. The molecule has 5 nitrogen and oxygen atoms in total. The van der Waals surface area contributed by atoms with E-state index in [1.807, 2.05) is 30.5 Å². The minimum atomic E-state index is -0.465. The van der Waals surface area contributed by atoms with Gasteiger partial charge in [0.15, 0.2) is 11.5 Å². The van der Waals surface area contributed by atoms with E-state index in [9.17, 15) is 4.79 Å². The van der Waals surface area contributed by atoms with E-state index < -0.39 is 5.79 Å². The zero-order chi connectivity index (χ0) is 16.6. The van der Waals surface area contributed by atoms with E-state index in [0.717, 1.165) is 53.6 Å². The highest BCUT2D eigenvalue weighted by Gasteiger charge is 2.44. The minimum Gasteiger partial charge on any atom is -0.448 e. The molecule has 6 heteroatoms.